The highest BCUT2D eigenvalue weighted by Gasteiger charge is 2.23. The van der Waals surface area contributed by atoms with Gasteiger partial charge in [0.25, 0.3) is 15.9 Å². The molecule has 2 N–H and O–H groups in total. The molecule has 0 spiro atoms. The number of aromatic nitrogens is 1. The monoisotopic (exact) mass is 798 g/mol. The number of benzene rings is 5. The summed E-state index contributed by atoms with van der Waals surface area (Å²) in [5.74, 6) is 0.205. The van der Waals surface area contributed by atoms with Gasteiger partial charge in [0.2, 0.25) is 0 Å². The fraction of sp³-hybridized carbons (Fsp3) is 0.261. The van der Waals surface area contributed by atoms with Gasteiger partial charge in [-0.05, 0) is 111 Å². The van der Waals surface area contributed by atoms with Gasteiger partial charge in [-0.25, -0.2) is 13.1 Å². The summed E-state index contributed by atoms with van der Waals surface area (Å²) in [6.07, 6.45) is 2.78. The van der Waals surface area contributed by atoms with Crippen molar-refractivity contribution in [1.82, 2.24) is 19.5 Å². The molecular formula is C46H50N6O3S2. The number of aryl methyl sites for hydroxylation is 1. The average molecular weight is 799 g/mol. The summed E-state index contributed by atoms with van der Waals surface area (Å²) in [6, 6.07) is 41.6. The minimum absolute atomic E-state index is 0.0494. The number of nitrogens with one attached hydrogen (secondary N) is 2. The predicted octanol–water partition coefficient (Wildman–Crippen LogP) is 8.18. The van der Waals surface area contributed by atoms with Crippen molar-refractivity contribution in [3.8, 4) is 11.1 Å². The van der Waals surface area contributed by atoms with Crippen LogP contribution in [0.4, 0.5) is 11.4 Å². The molecular weight excluding hydrogens is 749 g/mol. The van der Waals surface area contributed by atoms with E-state index >= 15 is 0 Å². The Morgan fingerprint density at radius 3 is 2.30 bits per heavy atom. The number of para-hydroxylation sites is 1. The van der Waals surface area contributed by atoms with Crippen molar-refractivity contribution in [2.75, 3.05) is 62.8 Å². The van der Waals surface area contributed by atoms with E-state index in [1.54, 1.807) is 42.1 Å². The van der Waals surface area contributed by atoms with Crippen LogP contribution < -0.4 is 14.9 Å². The number of hydrogen-bond acceptors (Lipinski definition) is 9. The van der Waals surface area contributed by atoms with Gasteiger partial charge in [-0.3, -0.25) is 14.7 Å². The van der Waals surface area contributed by atoms with Crippen molar-refractivity contribution in [1.29, 1.82) is 0 Å². The van der Waals surface area contributed by atoms with Gasteiger partial charge < -0.3 is 15.1 Å². The molecule has 11 heteroatoms. The summed E-state index contributed by atoms with van der Waals surface area (Å²) in [5, 5.41) is 4.77. The number of hydrogen-bond donors (Lipinski definition) is 2. The maximum Gasteiger partial charge on any atom is 0.264 e. The molecule has 9 nitrogen and oxygen atoms in total. The van der Waals surface area contributed by atoms with E-state index < -0.39 is 15.9 Å². The first-order valence-electron chi connectivity index (χ1n) is 19.4. The molecule has 1 saturated heterocycles. The molecule has 7 rings (SSSR count). The number of amides is 1. The van der Waals surface area contributed by atoms with Crippen molar-refractivity contribution in [2.45, 2.75) is 35.7 Å². The van der Waals surface area contributed by atoms with E-state index in [0.717, 1.165) is 84.8 Å². The first-order chi connectivity index (χ1) is 27.6. The molecule has 0 bridgehead atoms. The number of sulfonamides is 1. The maximum absolute atomic E-state index is 13.4. The molecule has 0 saturated carbocycles. The Labute approximate surface area is 341 Å². The van der Waals surface area contributed by atoms with Crippen LogP contribution in [0.2, 0.25) is 0 Å². The second kappa shape index (κ2) is 18.4. The van der Waals surface area contributed by atoms with Gasteiger partial charge >= 0.3 is 0 Å². The Hall–Kier alpha value is -5.20. The van der Waals surface area contributed by atoms with Crippen molar-refractivity contribution in [3.63, 3.8) is 0 Å². The molecule has 6 aromatic rings. The van der Waals surface area contributed by atoms with Crippen LogP contribution in [0.25, 0.3) is 22.0 Å². The Bertz CT molecular complexity index is 2390. The van der Waals surface area contributed by atoms with Gasteiger partial charge in [0.15, 0.2) is 0 Å². The zero-order valence-corrected chi connectivity index (χ0v) is 34.4. The van der Waals surface area contributed by atoms with Crippen LogP contribution in [-0.2, 0) is 16.6 Å². The van der Waals surface area contributed by atoms with Gasteiger partial charge in [-0.1, -0.05) is 66.7 Å². The van der Waals surface area contributed by atoms with Crippen LogP contribution in [0, 0.1) is 6.92 Å². The SMILES string of the molecule is Cc1cc(S(=O)(=O)NC(=O)c2ccc(N3CCN(Cc4ccccc4-c4cccc5cccnc45)CC3)cc2)ccc1N[C@H](CCN(C)C)CSc1ccccc1. The topological polar surface area (TPSA) is 97.9 Å². The van der Waals surface area contributed by atoms with Gasteiger partial charge in [-0.15, -0.1) is 11.8 Å². The van der Waals surface area contributed by atoms with Gasteiger partial charge in [-0.2, -0.15) is 0 Å². The molecule has 1 amide bonds. The number of fused-ring (bicyclic) bond motifs is 1. The second-order valence-electron chi connectivity index (χ2n) is 14.8. The van der Waals surface area contributed by atoms with Crippen molar-refractivity contribution >= 4 is 50.0 Å². The molecule has 1 atom stereocenters. The molecule has 2 heterocycles. The number of nitrogens with zero attached hydrogens (tertiary/aromatic N) is 4. The molecule has 57 heavy (non-hydrogen) atoms. The summed E-state index contributed by atoms with van der Waals surface area (Å²) < 4.78 is 29.1. The standard InChI is InChI=1S/C46H50N6O3S2/c1-34-31-41(22-23-44(34)48-38(24-26-50(2)3)33-56-40-14-5-4-6-15-40)57(54,55)49-46(53)36-18-20-39(21-19-36)52-29-27-51(28-30-52)32-37-11-7-8-16-42(37)43-17-9-12-35-13-10-25-47-45(35)43/h4-23,25,31,38,48H,24,26-30,32-33H2,1-3H3,(H,49,53)/t38-/m1/s1. The van der Waals surface area contributed by atoms with E-state index in [9.17, 15) is 13.2 Å². The predicted molar refractivity (Wildman–Crippen MR) is 235 cm³/mol. The highest BCUT2D eigenvalue weighted by Crippen LogP contribution is 2.31. The molecule has 0 radical (unpaired) electrons. The first kappa shape index (κ1) is 40.0. The smallest absolute Gasteiger partial charge is 0.264 e. The summed E-state index contributed by atoms with van der Waals surface area (Å²) in [6.45, 7) is 7.10. The summed E-state index contributed by atoms with van der Waals surface area (Å²) >= 11 is 1.80. The fourth-order valence-corrected chi connectivity index (χ4v) is 9.27. The molecule has 5 aromatic carbocycles. The zero-order valence-electron chi connectivity index (χ0n) is 32.8. The molecule has 1 aliphatic rings. The Balaban J connectivity index is 0.936. The van der Waals surface area contributed by atoms with Gasteiger partial charge in [0, 0.05) is 83.5 Å². The number of carbonyl (C=O) groups excluding carboxylic acids is 1. The molecule has 1 aliphatic heterocycles. The van der Waals surface area contributed by atoms with Gasteiger partial charge in [0.05, 0.1) is 10.4 Å². The lowest BCUT2D eigenvalue weighted by Gasteiger charge is -2.36. The molecule has 0 unspecified atom stereocenters. The quantitative estimate of drug-likeness (QED) is 0.0998. The lowest BCUT2D eigenvalue weighted by Crippen LogP contribution is -2.46. The number of carbonyl (C=O) groups is 1. The van der Waals surface area contributed by atoms with Gasteiger partial charge in [0.1, 0.15) is 0 Å². The first-order valence-corrected chi connectivity index (χ1v) is 21.9. The Morgan fingerprint density at radius 1 is 0.825 bits per heavy atom. The number of piperazine rings is 1. The van der Waals surface area contributed by atoms with E-state index in [1.807, 2.05) is 49.5 Å². The minimum atomic E-state index is -4.10. The number of pyridine rings is 1. The van der Waals surface area contributed by atoms with Crippen LogP contribution in [0.15, 0.2) is 143 Å². The highest BCUT2D eigenvalue weighted by molar-refractivity contribution is 7.99. The van der Waals surface area contributed by atoms with Crippen molar-refractivity contribution in [2.24, 2.45) is 0 Å². The van der Waals surface area contributed by atoms with E-state index in [4.69, 9.17) is 4.98 Å². The average Bonchev–Trinajstić information content (AvgIpc) is 3.23. The summed E-state index contributed by atoms with van der Waals surface area (Å²) in [5.41, 5.74) is 7.59. The van der Waals surface area contributed by atoms with Crippen LogP contribution in [0.1, 0.15) is 27.9 Å². The second-order valence-corrected chi connectivity index (χ2v) is 17.6. The number of thioether (sulfide) groups is 1. The van der Waals surface area contributed by atoms with Crippen LogP contribution in [0.3, 0.4) is 0 Å². The van der Waals surface area contributed by atoms with E-state index in [-0.39, 0.29) is 16.5 Å². The lowest BCUT2D eigenvalue weighted by atomic mass is 9.97. The third-order valence-electron chi connectivity index (χ3n) is 10.4. The number of rotatable bonds is 15. The Morgan fingerprint density at radius 2 is 1.54 bits per heavy atom. The lowest BCUT2D eigenvalue weighted by molar-refractivity contribution is 0.0981. The van der Waals surface area contributed by atoms with E-state index in [1.165, 1.54) is 16.0 Å². The Kier molecular flexibility index (Phi) is 12.9. The van der Waals surface area contributed by atoms with Crippen LogP contribution in [-0.4, -0.2) is 87.7 Å². The highest BCUT2D eigenvalue weighted by atomic mass is 32.2. The fourth-order valence-electron chi connectivity index (χ4n) is 7.22. The maximum atomic E-state index is 13.4. The zero-order chi connectivity index (χ0) is 39.8. The van der Waals surface area contributed by atoms with E-state index in [2.05, 4.69) is 99.5 Å². The van der Waals surface area contributed by atoms with Crippen molar-refractivity contribution < 1.29 is 13.2 Å². The van der Waals surface area contributed by atoms with Crippen LogP contribution >= 0.6 is 11.8 Å². The normalized spacial score (nSPS) is 14.1. The van der Waals surface area contributed by atoms with Crippen LogP contribution in [0.5, 0.6) is 0 Å². The molecule has 1 aromatic heterocycles. The van der Waals surface area contributed by atoms with E-state index in [0.29, 0.717) is 0 Å². The molecule has 1 fully saturated rings. The summed E-state index contributed by atoms with van der Waals surface area (Å²) in [4.78, 5) is 26.1. The molecule has 294 valence electrons. The minimum Gasteiger partial charge on any atom is -0.381 e. The third-order valence-corrected chi connectivity index (χ3v) is 12.9. The molecule has 0 aliphatic carbocycles. The summed E-state index contributed by atoms with van der Waals surface area (Å²) in [7, 11) is 0.0257. The number of anilines is 2. The largest absolute Gasteiger partial charge is 0.381 e. The van der Waals surface area contributed by atoms with Crippen molar-refractivity contribution in [3.05, 3.63) is 150 Å². The third kappa shape index (κ3) is 10.2.